The number of benzene rings is 1. The van der Waals surface area contributed by atoms with Gasteiger partial charge < -0.3 is 15.2 Å². The van der Waals surface area contributed by atoms with Crippen LogP contribution < -0.4 is 10.1 Å². The molecule has 0 heterocycles. The van der Waals surface area contributed by atoms with Gasteiger partial charge in [0.2, 0.25) is 0 Å². The Labute approximate surface area is 84.0 Å². The van der Waals surface area contributed by atoms with Gasteiger partial charge in [0.25, 0.3) is 0 Å². The van der Waals surface area contributed by atoms with E-state index in [1.54, 1.807) is 18.2 Å². The highest BCUT2D eigenvalue weighted by molar-refractivity contribution is 5.41. The Morgan fingerprint density at radius 2 is 2.36 bits per heavy atom. The minimum atomic E-state index is 0.172. The first kappa shape index (κ1) is 10.6. The number of rotatable bonds is 5. The Morgan fingerprint density at radius 3 is 2.93 bits per heavy atom. The van der Waals surface area contributed by atoms with E-state index in [2.05, 4.69) is 11.9 Å². The molecule has 0 radical (unpaired) electrons. The summed E-state index contributed by atoms with van der Waals surface area (Å²) in [6.45, 7) is 5.07. The molecule has 0 atom stereocenters. The summed E-state index contributed by atoms with van der Waals surface area (Å²) in [5.41, 5.74) is 1.02. The van der Waals surface area contributed by atoms with Crippen molar-refractivity contribution in [3.8, 4) is 11.5 Å². The van der Waals surface area contributed by atoms with Crippen molar-refractivity contribution in [1.82, 2.24) is 5.32 Å². The van der Waals surface area contributed by atoms with Gasteiger partial charge in [-0.1, -0.05) is 12.1 Å². The molecular formula is C11H15NO2. The molecule has 0 saturated carbocycles. The fraction of sp³-hybridized carbons (Fsp3) is 0.273. The van der Waals surface area contributed by atoms with Gasteiger partial charge in [0.1, 0.15) is 0 Å². The van der Waals surface area contributed by atoms with Crippen LogP contribution in [0.3, 0.4) is 0 Å². The molecule has 0 aliphatic carbocycles. The van der Waals surface area contributed by atoms with Crippen LogP contribution in [-0.2, 0) is 6.54 Å². The number of ether oxygens (including phenoxy) is 1. The van der Waals surface area contributed by atoms with Crippen molar-refractivity contribution in [1.29, 1.82) is 0 Å². The predicted molar refractivity (Wildman–Crippen MR) is 56.6 cm³/mol. The summed E-state index contributed by atoms with van der Waals surface area (Å²) < 4.78 is 4.94. The lowest BCUT2D eigenvalue weighted by Crippen LogP contribution is -2.12. The average Bonchev–Trinajstić information content (AvgIpc) is 2.18. The zero-order valence-electron chi connectivity index (χ0n) is 8.29. The second-order valence-corrected chi connectivity index (χ2v) is 2.93. The van der Waals surface area contributed by atoms with E-state index in [1.807, 2.05) is 6.07 Å². The number of hydrogen-bond donors (Lipinski definition) is 2. The molecule has 3 heteroatoms. The lowest BCUT2D eigenvalue weighted by Gasteiger charge is -2.06. The monoisotopic (exact) mass is 193 g/mol. The Balaban J connectivity index is 2.61. The van der Waals surface area contributed by atoms with Gasteiger partial charge in [-0.15, -0.1) is 6.58 Å². The largest absolute Gasteiger partial charge is 0.504 e. The third-order valence-electron chi connectivity index (χ3n) is 1.86. The topological polar surface area (TPSA) is 41.5 Å². The van der Waals surface area contributed by atoms with Crippen molar-refractivity contribution in [2.24, 2.45) is 0 Å². The minimum Gasteiger partial charge on any atom is -0.504 e. The minimum absolute atomic E-state index is 0.172. The summed E-state index contributed by atoms with van der Waals surface area (Å²) in [6.07, 6.45) is 1.80. The SMILES string of the molecule is C=CCNCc1ccc(OC)c(O)c1. The van der Waals surface area contributed by atoms with E-state index in [0.717, 1.165) is 12.1 Å². The van der Waals surface area contributed by atoms with E-state index in [9.17, 15) is 5.11 Å². The van der Waals surface area contributed by atoms with Crippen molar-refractivity contribution in [2.75, 3.05) is 13.7 Å². The highest BCUT2D eigenvalue weighted by atomic mass is 16.5. The van der Waals surface area contributed by atoms with E-state index in [1.165, 1.54) is 7.11 Å². The molecule has 3 nitrogen and oxygen atoms in total. The highest BCUT2D eigenvalue weighted by Crippen LogP contribution is 2.25. The number of phenolic OH excluding ortho intramolecular Hbond substituents is 1. The summed E-state index contributed by atoms with van der Waals surface area (Å²) in [5.74, 6) is 0.669. The van der Waals surface area contributed by atoms with Gasteiger partial charge in [0.05, 0.1) is 7.11 Å². The fourth-order valence-electron chi connectivity index (χ4n) is 1.16. The van der Waals surface area contributed by atoms with Crippen LogP contribution in [0.25, 0.3) is 0 Å². The molecule has 1 rings (SSSR count). The van der Waals surface area contributed by atoms with Crippen LogP contribution in [0.5, 0.6) is 11.5 Å². The van der Waals surface area contributed by atoms with Gasteiger partial charge in [-0.2, -0.15) is 0 Å². The molecule has 76 valence electrons. The first-order valence-corrected chi connectivity index (χ1v) is 4.45. The van der Waals surface area contributed by atoms with Gasteiger partial charge in [0.15, 0.2) is 11.5 Å². The Bertz CT molecular complexity index is 310. The zero-order chi connectivity index (χ0) is 10.4. The summed E-state index contributed by atoms with van der Waals surface area (Å²) in [5, 5.41) is 12.6. The first-order valence-electron chi connectivity index (χ1n) is 4.45. The smallest absolute Gasteiger partial charge is 0.160 e. The van der Waals surface area contributed by atoms with Crippen LogP contribution in [0.2, 0.25) is 0 Å². The second-order valence-electron chi connectivity index (χ2n) is 2.93. The molecule has 0 aliphatic rings. The van der Waals surface area contributed by atoms with Crippen molar-refractivity contribution in [3.63, 3.8) is 0 Å². The van der Waals surface area contributed by atoms with Crippen LogP contribution in [-0.4, -0.2) is 18.8 Å². The van der Waals surface area contributed by atoms with Crippen molar-refractivity contribution < 1.29 is 9.84 Å². The maximum Gasteiger partial charge on any atom is 0.160 e. The summed E-state index contributed by atoms with van der Waals surface area (Å²) in [6, 6.07) is 5.35. The average molecular weight is 193 g/mol. The molecule has 1 aromatic carbocycles. The van der Waals surface area contributed by atoms with Gasteiger partial charge in [-0.05, 0) is 17.7 Å². The van der Waals surface area contributed by atoms with Crippen LogP contribution in [0.4, 0.5) is 0 Å². The molecule has 0 aliphatic heterocycles. The summed E-state index contributed by atoms with van der Waals surface area (Å²) in [4.78, 5) is 0. The van der Waals surface area contributed by atoms with E-state index in [0.29, 0.717) is 12.3 Å². The normalized spacial score (nSPS) is 9.79. The Kier molecular flexibility index (Phi) is 4.01. The third-order valence-corrected chi connectivity index (χ3v) is 1.86. The lowest BCUT2D eigenvalue weighted by atomic mass is 10.2. The maximum absolute atomic E-state index is 9.47. The van der Waals surface area contributed by atoms with Gasteiger partial charge in [-0.3, -0.25) is 0 Å². The quantitative estimate of drug-likeness (QED) is 0.552. The van der Waals surface area contributed by atoms with E-state index < -0.39 is 0 Å². The molecule has 0 fully saturated rings. The summed E-state index contributed by atoms with van der Waals surface area (Å²) in [7, 11) is 1.53. The number of nitrogens with one attached hydrogen (secondary N) is 1. The number of methoxy groups -OCH3 is 1. The van der Waals surface area contributed by atoms with Gasteiger partial charge in [-0.25, -0.2) is 0 Å². The fourth-order valence-corrected chi connectivity index (χ4v) is 1.16. The highest BCUT2D eigenvalue weighted by Gasteiger charge is 2.01. The molecule has 0 unspecified atom stereocenters. The number of phenols is 1. The maximum atomic E-state index is 9.47. The molecule has 0 aromatic heterocycles. The first-order chi connectivity index (χ1) is 6.77. The van der Waals surface area contributed by atoms with Crippen molar-refractivity contribution >= 4 is 0 Å². The standard InChI is InChI=1S/C11H15NO2/c1-3-6-12-8-9-4-5-11(14-2)10(13)7-9/h3-5,7,12-13H,1,6,8H2,2H3. The molecule has 0 amide bonds. The van der Waals surface area contributed by atoms with Crippen LogP contribution in [0.1, 0.15) is 5.56 Å². The predicted octanol–water partition coefficient (Wildman–Crippen LogP) is 1.68. The van der Waals surface area contributed by atoms with Crippen molar-refractivity contribution in [3.05, 3.63) is 36.4 Å². The summed E-state index contributed by atoms with van der Waals surface area (Å²) >= 11 is 0. The van der Waals surface area contributed by atoms with Gasteiger partial charge in [0, 0.05) is 13.1 Å². The van der Waals surface area contributed by atoms with Crippen LogP contribution in [0, 0.1) is 0 Å². The van der Waals surface area contributed by atoms with E-state index in [-0.39, 0.29) is 5.75 Å². The Morgan fingerprint density at radius 1 is 1.57 bits per heavy atom. The zero-order valence-corrected chi connectivity index (χ0v) is 8.29. The molecule has 2 N–H and O–H groups in total. The van der Waals surface area contributed by atoms with E-state index in [4.69, 9.17) is 4.74 Å². The molecular weight excluding hydrogens is 178 g/mol. The molecule has 14 heavy (non-hydrogen) atoms. The second kappa shape index (κ2) is 5.29. The third kappa shape index (κ3) is 2.78. The Hall–Kier alpha value is -1.48. The van der Waals surface area contributed by atoms with E-state index >= 15 is 0 Å². The molecule has 0 spiro atoms. The van der Waals surface area contributed by atoms with Crippen LogP contribution >= 0.6 is 0 Å². The molecule has 0 saturated heterocycles. The molecule has 0 bridgehead atoms. The number of hydrogen-bond acceptors (Lipinski definition) is 3. The van der Waals surface area contributed by atoms with Crippen molar-refractivity contribution in [2.45, 2.75) is 6.54 Å². The van der Waals surface area contributed by atoms with Crippen LogP contribution in [0.15, 0.2) is 30.9 Å². The lowest BCUT2D eigenvalue weighted by molar-refractivity contribution is 0.373. The van der Waals surface area contributed by atoms with Gasteiger partial charge >= 0.3 is 0 Å². The molecule has 1 aromatic rings. The number of aromatic hydroxyl groups is 1.